The van der Waals surface area contributed by atoms with Crippen molar-refractivity contribution in [3.63, 3.8) is 0 Å². The molecule has 110 valence electrons. The van der Waals surface area contributed by atoms with Crippen LogP contribution in [0.5, 0.6) is 0 Å². The smallest absolute Gasteiger partial charge is 0.255 e. The second-order valence-electron chi connectivity index (χ2n) is 4.69. The molecule has 21 heavy (non-hydrogen) atoms. The molecule has 3 N–H and O–H groups in total. The number of nitrogens with two attached hydrogens (primary N) is 1. The van der Waals surface area contributed by atoms with Gasteiger partial charge in [0.25, 0.3) is 5.56 Å². The number of nitrogens with zero attached hydrogens (tertiary/aromatic N) is 2. The van der Waals surface area contributed by atoms with Gasteiger partial charge in [0.2, 0.25) is 11.9 Å². The zero-order valence-electron chi connectivity index (χ0n) is 11.7. The topological polar surface area (TPSA) is 90.0 Å². The lowest BCUT2D eigenvalue weighted by Crippen LogP contribution is -2.30. The highest BCUT2D eigenvalue weighted by Gasteiger charge is 2.11. The van der Waals surface area contributed by atoms with E-state index in [0.29, 0.717) is 16.9 Å². The molecule has 0 bridgehead atoms. The molecule has 0 unspecified atom stereocenters. The number of nitrogen functional groups attached to an aromatic ring is 1. The van der Waals surface area contributed by atoms with Gasteiger partial charge in [-0.15, -0.1) is 0 Å². The number of hydrogen-bond donors (Lipinski definition) is 2. The zero-order chi connectivity index (χ0) is 15.6. The fourth-order valence-corrected chi connectivity index (χ4v) is 1.86. The quantitative estimate of drug-likeness (QED) is 0.889. The van der Waals surface area contributed by atoms with Crippen molar-refractivity contribution >= 4 is 17.5 Å². The Morgan fingerprint density at radius 3 is 2.76 bits per heavy atom. The number of carbonyl (C=O) groups is 1. The summed E-state index contributed by atoms with van der Waals surface area (Å²) >= 11 is 0. The average molecular weight is 290 g/mol. The molecule has 1 aromatic carbocycles. The summed E-state index contributed by atoms with van der Waals surface area (Å²) in [5, 5.41) is 2.55. The molecule has 0 aliphatic carbocycles. The van der Waals surface area contributed by atoms with Crippen molar-refractivity contribution in [1.82, 2.24) is 9.55 Å². The first kappa shape index (κ1) is 14.7. The minimum atomic E-state index is -0.483. The summed E-state index contributed by atoms with van der Waals surface area (Å²) < 4.78 is 14.2. The van der Waals surface area contributed by atoms with E-state index in [1.807, 2.05) is 0 Å². The average Bonchev–Trinajstić information content (AvgIpc) is 2.38. The van der Waals surface area contributed by atoms with Gasteiger partial charge in [0.05, 0.1) is 0 Å². The van der Waals surface area contributed by atoms with Crippen molar-refractivity contribution in [2.45, 2.75) is 20.4 Å². The standard InChI is InChI=1S/C14H15FN4O2/c1-8-3-4-10(15)6-11(8)18-12(20)7-19-13(21)5-9(2)17-14(19)16/h3-6H,7H2,1-2H3,(H2,16,17)(H,18,20). The minimum Gasteiger partial charge on any atom is -0.369 e. The Balaban J connectivity index is 2.20. The number of rotatable bonds is 3. The SMILES string of the molecule is Cc1cc(=O)n(CC(=O)Nc2cc(F)ccc2C)c(N)n1. The van der Waals surface area contributed by atoms with Gasteiger partial charge in [0.15, 0.2) is 0 Å². The number of amides is 1. The van der Waals surface area contributed by atoms with Gasteiger partial charge in [-0.25, -0.2) is 9.37 Å². The second kappa shape index (κ2) is 5.74. The van der Waals surface area contributed by atoms with Crippen molar-refractivity contribution < 1.29 is 9.18 Å². The monoisotopic (exact) mass is 290 g/mol. The van der Waals surface area contributed by atoms with Crippen molar-refractivity contribution in [3.8, 4) is 0 Å². The predicted octanol–water partition coefficient (Wildman–Crippen LogP) is 1.22. The molecule has 0 saturated heterocycles. The maximum Gasteiger partial charge on any atom is 0.255 e. The van der Waals surface area contributed by atoms with Gasteiger partial charge in [0.1, 0.15) is 12.4 Å². The molecule has 1 amide bonds. The molecule has 2 aromatic rings. The number of aromatic nitrogens is 2. The van der Waals surface area contributed by atoms with E-state index in [1.165, 1.54) is 18.2 Å². The van der Waals surface area contributed by atoms with E-state index >= 15 is 0 Å². The summed E-state index contributed by atoms with van der Waals surface area (Å²) in [5.74, 6) is -0.973. The Morgan fingerprint density at radius 1 is 1.38 bits per heavy atom. The molecule has 7 heteroatoms. The molecule has 0 spiro atoms. The van der Waals surface area contributed by atoms with Crippen LogP contribution in [0.3, 0.4) is 0 Å². The van der Waals surface area contributed by atoms with E-state index < -0.39 is 17.3 Å². The van der Waals surface area contributed by atoms with Gasteiger partial charge in [-0.3, -0.25) is 14.2 Å². The van der Waals surface area contributed by atoms with Crippen molar-refractivity contribution in [2.75, 3.05) is 11.1 Å². The van der Waals surface area contributed by atoms with E-state index in [9.17, 15) is 14.0 Å². The fourth-order valence-electron chi connectivity index (χ4n) is 1.86. The van der Waals surface area contributed by atoms with Gasteiger partial charge >= 0.3 is 0 Å². The highest BCUT2D eigenvalue weighted by molar-refractivity contribution is 5.91. The highest BCUT2D eigenvalue weighted by atomic mass is 19.1. The van der Waals surface area contributed by atoms with Crippen LogP contribution in [0, 0.1) is 19.7 Å². The highest BCUT2D eigenvalue weighted by Crippen LogP contribution is 2.15. The largest absolute Gasteiger partial charge is 0.369 e. The lowest BCUT2D eigenvalue weighted by Gasteiger charge is -2.11. The molecular formula is C14H15FN4O2. The maximum atomic E-state index is 13.2. The number of anilines is 2. The minimum absolute atomic E-state index is 0.0360. The van der Waals surface area contributed by atoms with Crippen LogP contribution in [0.4, 0.5) is 16.0 Å². The van der Waals surface area contributed by atoms with Crippen LogP contribution in [-0.4, -0.2) is 15.5 Å². The van der Waals surface area contributed by atoms with Gasteiger partial charge in [-0.2, -0.15) is 0 Å². The second-order valence-corrected chi connectivity index (χ2v) is 4.69. The Kier molecular flexibility index (Phi) is 4.02. The third-order valence-electron chi connectivity index (χ3n) is 2.94. The third-order valence-corrected chi connectivity index (χ3v) is 2.94. The van der Waals surface area contributed by atoms with Crippen molar-refractivity contribution in [2.24, 2.45) is 0 Å². The molecule has 0 atom stereocenters. The number of benzene rings is 1. The van der Waals surface area contributed by atoms with E-state index in [4.69, 9.17) is 5.73 Å². The molecule has 0 aliphatic heterocycles. The van der Waals surface area contributed by atoms with Crippen LogP contribution in [-0.2, 0) is 11.3 Å². The molecule has 1 aromatic heterocycles. The van der Waals surface area contributed by atoms with Crippen LogP contribution >= 0.6 is 0 Å². The van der Waals surface area contributed by atoms with E-state index in [1.54, 1.807) is 19.9 Å². The van der Waals surface area contributed by atoms with Crippen LogP contribution in [0.25, 0.3) is 0 Å². The fraction of sp³-hybridized carbons (Fsp3) is 0.214. The molecule has 2 rings (SSSR count). The Hall–Kier alpha value is -2.70. The van der Waals surface area contributed by atoms with Gasteiger partial charge in [-0.05, 0) is 31.5 Å². The first-order valence-corrected chi connectivity index (χ1v) is 6.27. The summed E-state index contributed by atoms with van der Waals surface area (Å²) in [6.07, 6.45) is 0. The van der Waals surface area contributed by atoms with Crippen molar-refractivity contribution in [3.05, 3.63) is 51.7 Å². The Labute approximate surface area is 120 Å². The molecule has 1 heterocycles. The normalized spacial score (nSPS) is 10.4. The number of aryl methyl sites for hydroxylation is 2. The first-order chi connectivity index (χ1) is 9.86. The van der Waals surface area contributed by atoms with Crippen LogP contribution in [0.15, 0.2) is 29.1 Å². The van der Waals surface area contributed by atoms with Gasteiger partial charge in [0, 0.05) is 17.4 Å². The molecule has 0 fully saturated rings. The molecule has 0 saturated carbocycles. The Bertz CT molecular complexity index is 755. The number of halogens is 1. The van der Waals surface area contributed by atoms with Crippen molar-refractivity contribution in [1.29, 1.82) is 0 Å². The summed E-state index contributed by atoms with van der Waals surface area (Å²) in [6, 6.07) is 5.36. The zero-order valence-corrected chi connectivity index (χ0v) is 11.7. The Morgan fingerprint density at radius 2 is 2.10 bits per heavy atom. The molecule has 0 aliphatic rings. The maximum absolute atomic E-state index is 13.2. The summed E-state index contributed by atoms with van der Waals surface area (Å²) in [4.78, 5) is 27.7. The van der Waals surface area contributed by atoms with Gasteiger partial charge < -0.3 is 11.1 Å². The lowest BCUT2D eigenvalue weighted by molar-refractivity contribution is -0.116. The van der Waals surface area contributed by atoms with E-state index in [2.05, 4.69) is 10.3 Å². The van der Waals surface area contributed by atoms with E-state index in [0.717, 1.165) is 4.57 Å². The lowest BCUT2D eigenvalue weighted by atomic mass is 10.2. The van der Waals surface area contributed by atoms with Crippen LogP contribution < -0.4 is 16.6 Å². The van der Waals surface area contributed by atoms with Crippen LogP contribution in [0.2, 0.25) is 0 Å². The summed E-state index contributed by atoms with van der Waals surface area (Å²) in [5.41, 5.74) is 6.77. The summed E-state index contributed by atoms with van der Waals surface area (Å²) in [7, 11) is 0. The molecular weight excluding hydrogens is 275 g/mol. The molecule has 0 radical (unpaired) electrons. The third kappa shape index (κ3) is 3.44. The molecule has 6 nitrogen and oxygen atoms in total. The van der Waals surface area contributed by atoms with Crippen LogP contribution in [0.1, 0.15) is 11.3 Å². The first-order valence-electron chi connectivity index (χ1n) is 6.27. The number of nitrogens with one attached hydrogen (secondary N) is 1. The summed E-state index contributed by atoms with van der Waals surface area (Å²) in [6.45, 7) is 3.09. The predicted molar refractivity (Wildman–Crippen MR) is 77.4 cm³/mol. The van der Waals surface area contributed by atoms with Gasteiger partial charge in [-0.1, -0.05) is 6.07 Å². The number of carbonyl (C=O) groups excluding carboxylic acids is 1. The number of hydrogen-bond acceptors (Lipinski definition) is 4. The van der Waals surface area contributed by atoms with E-state index in [-0.39, 0.29) is 12.5 Å².